The van der Waals surface area contributed by atoms with Crippen LogP contribution in [-0.4, -0.2) is 18.3 Å². The largest absolute Gasteiger partial charge is 0.426 e. The van der Waals surface area contributed by atoms with Gasteiger partial charge in [0.05, 0.1) is 5.56 Å². The lowest BCUT2D eigenvalue weighted by atomic mass is 10.1. The van der Waals surface area contributed by atoms with Crippen LogP contribution in [-0.2, 0) is 14.4 Å². The van der Waals surface area contributed by atoms with Crippen molar-refractivity contribution in [2.75, 3.05) is 0 Å². The summed E-state index contributed by atoms with van der Waals surface area (Å²) >= 11 is 0. The molecule has 1 aromatic rings. The Morgan fingerprint density at radius 1 is 1.11 bits per heavy atom. The normalized spacial score (nSPS) is 10.0. The Bertz CT molecular complexity index is 488. The summed E-state index contributed by atoms with van der Waals surface area (Å²) in [4.78, 5) is 32.2. The van der Waals surface area contributed by atoms with Crippen LogP contribution in [0.2, 0.25) is 0 Å². The summed E-state index contributed by atoms with van der Waals surface area (Å²) in [6.07, 6.45) is 3.28. The maximum atomic E-state index is 11.0. The number of carbonyl (C=O) groups is 3. The molecular weight excluding hydrogens is 250 g/mol. The molecule has 0 aliphatic carbocycles. The topological polar surface area (TPSA) is 81.7 Å². The highest BCUT2D eigenvalue weighted by Crippen LogP contribution is 2.30. The molecule has 1 rings (SSSR count). The van der Waals surface area contributed by atoms with E-state index >= 15 is 0 Å². The Hall–Kier alpha value is -2.63. The number of ether oxygens (including phenoxy) is 2. The van der Waals surface area contributed by atoms with Crippen molar-refractivity contribution in [3.8, 4) is 11.5 Å². The number of carbonyl (C=O) groups excluding carboxylic acids is 3. The second-order valence-electron chi connectivity index (χ2n) is 3.47. The van der Waals surface area contributed by atoms with Crippen molar-refractivity contribution in [1.82, 2.24) is 5.32 Å². The predicted octanol–water partition coefficient (Wildman–Crippen LogP) is 1.25. The third-order valence-corrected chi connectivity index (χ3v) is 1.95. The fraction of sp³-hybridized carbons (Fsp3) is 0.154. The summed E-state index contributed by atoms with van der Waals surface area (Å²) < 4.78 is 10.0. The number of amides is 1. The van der Waals surface area contributed by atoms with Crippen LogP contribution >= 0.6 is 0 Å². The maximum Gasteiger partial charge on any atom is 0.308 e. The lowest BCUT2D eigenvalue weighted by Crippen LogP contribution is -2.07. The molecule has 1 amide bonds. The Balaban J connectivity index is 3.18. The Morgan fingerprint density at radius 3 is 2.05 bits per heavy atom. The molecule has 0 aliphatic heterocycles. The van der Waals surface area contributed by atoms with Crippen LogP contribution < -0.4 is 14.8 Å². The number of rotatable bonds is 5. The minimum atomic E-state index is -0.502. The molecular formula is C13H13NO5. The first-order valence-corrected chi connectivity index (χ1v) is 5.40. The molecule has 6 nitrogen and oxygen atoms in total. The molecule has 0 spiro atoms. The number of hydrogen-bond acceptors (Lipinski definition) is 5. The van der Waals surface area contributed by atoms with Crippen molar-refractivity contribution in [3.05, 3.63) is 30.0 Å². The van der Waals surface area contributed by atoms with Crippen LogP contribution in [0.3, 0.4) is 0 Å². The summed E-state index contributed by atoms with van der Waals surface area (Å²) in [5, 5.41) is 2.32. The van der Waals surface area contributed by atoms with Crippen molar-refractivity contribution in [2.24, 2.45) is 0 Å². The lowest BCUT2D eigenvalue weighted by Gasteiger charge is -2.10. The molecule has 0 saturated carbocycles. The molecule has 0 saturated heterocycles. The van der Waals surface area contributed by atoms with Gasteiger partial charge in [0, 0.05) is 20.0 Å². The van der Waals surface area contributed by atoms with Gasteiger partial charge in [-0.3, -0.25) is 14.4 Å². The summed E-state index contributed by atoms with van der Waals surface area (Å²) in [6.45, 7) is 2.52. The highest BCUT2D eigenvalue weighted by atomic mass is 16.5. The molecule has 0 atom stereocenters. The van der Waals surface area contributed by atoms with Crippen molar-refractivity contribution in [2.45, 2.75) is 13.8 Å². The van der Waals surface area contributed by atoms with Crippen LogP contribution in [0.25, 0.3) is 6.08 Å². The predicted molar refractivity (Wildman–Crippen MR) is 67.3 cm³/mol. The van der Waals surface area contributed by atoms with E-state index in [2.05, 4.69) is 5.32 Å². The standard InChI is InChI=1S/C13H13NO5/c1-9(16)18-12-4-3-5-13(19-10(2)17)11(12)6-7-14-8-15/h3-8H,1-2H3,(H,14,15). The van der Waals surface area contributed by atoms with Gasteiger partial charge >= 0.3 is 11.9 Å². The summed E-state index contributed by atoms with van der Waals surface area (Å²) in [5.41, 5.74) is 0.377. The quantitative estimate of drug-likeness (QED) is 0.491. The van der Waals surface area contributed by atoms with E-state index in [9.17, 15) is 14.4 Å². The molecule has 0 bridgehead atoms. The van der Waals surface area contributed by atoms with Crippen LogP contribution in [0.1, 0.15) is 19.4 Å². The SMILES string of the molecule is CC(=O)Oc1cccc(OC(C)=O)c1C=CNC=O. The average Bonchev–Trinajstić information content (AvgIpc) is 2.31. The lowest BCUT2D eigenvalue weighted by molar-refractivity contribution is -0.132. The van der Waals surface area contributed by atoms with Crippen molar-refractivity contribution in [3.63, 3.8) is 0 Å². The average molecular weight is 263 g/mol. The van der Waals surface area contributed by atoms with Crippen molar-refractivity contribution >= 4 is 24.4 Å². The Kier molecular flexibility index (Phi) is 5.28. The minimum Gasteiger partial charge on any atom is -0.426 e. The first kappa shape index (κ1) is 14.4. The zero-order valence-electron chi connectivity index (χ0n) is 10.5. The molecule has 6 heteroatoms. The van der Waals surface area contributed by atoms with Gasteiger partial charge in [-0.05, 0) is 18.2 Å². The first-order chi connectivity index (χ1) is 9.04. The van der Waals surface area contributed by atoms with Gasteiger partial charge in [0.2, 0.25) is 6.41 Å². The van der Waals surface area contributed by atoms with Gasteiger partial charge < -0.3 is 14.8 Å². The third kappa shape index (κ3) is 4.63. The van der Waals surface area contributed by atoms with Crippen molar-refractivity contribution < 1.29 is 23.9 Å². The Labute approximate surface area is 110 Å². The number of benzene rings is 1. The van der Waals surface area contributed by atoms with Gasteiger partial charge in [-0.25, -0.2) is 0 Å². The number of nitrogens with one attached hydrogen (secondary N) is 1. The number of esters is 2. The second-order valence-corrected chi connectivity index (χ2v) is 3.47. The molecule has 0 radical (unpaired) electrons. The maximum absolute atomic E-state index is 11.0. The molecule has 0 fully saturated rings. The van der Waals surface area contributed by atoms with E-state index in [0.29, 0.717) is 12.0 Å². The molecule has 0 unspecified atom stereocenters. The zero-order valence-corrected chi connectivity index (χ0v) is 10.5. The fourth-order valence-electron chi connectivity index (χ4n) is 1.35. The Morgan fingerprint density at radius 2 is 1.63 bits per heavy atom. The van der Waals surface area contributed by atoms with Gasteiger partial charge in [0.15, 0.2) is 0 Å². The highest BCUT2D eigenvalue weighted by Gasteiger charge is 2.11. The van der Waals surface area contributed by atoms with E-state index in [1.165, 1.54) is 26.1 Å². The van der Waals surface area contributed by atoms with Gasteiger partial charge in [0.25, 0.3) is 0 Å². The van der Waals surface area contributed by atoms with E-state index in [1.807, 2.05) is 0 Å². The van der Waals surface area contributed by atoms with E-state index in [1.54, 1.807) is 18.2 Å². The smallest absolute Gasteiger partial charge is 0.308 e. The van der Waals surface area contributed by atoms with Gasteiger partial charge in [0.1, 0.15) is 11.5 Å². The van der Waals surface area contributed by atoms with Crippen LogP contribution in [0.4, 0.5) is 0 Å². The second kappa shape index (κ2) is 6.95. The van der Waals surface area contributed by atoms with E-state index in [0.717, 1.165) is 0 Å². The monoisotopic (exact) mass is 263 g/mol. The molecule has 1 N–H and O–H groups in total. The summed E-state index contributed by atoms with van der Waals surface area (Å²) in [6, 6.07) is 4.69. The van der Waals surface area contributed by atoms with Crippen LogP contribution in [0.15, 0.2) is 24.4 Å². The van der Waals surface area contributed by atoms with E-state index < -0.39 is 11.9 Å². The molecule has 0 aliphatic rings. The summed E-state index contributed by atoms with van der Waals surface area (Å²) in [5.74, 6) is -0.540. The van der Waals surface area contributed by atoms with Gasteiger partial charge in [-0.15, -0.1) is 0 Å². The molecule has 100 valence electrons. The molecule has 1 aromatic carbocycles. The third-order valence-electron chi connectivity index (χ3n) is 1.95. The molecule has 19 heavy (non-hydrogen) atoms. The number of hydrogen-bond donors (Lipinski definition) is 1. The van der Waals surface area contributed by atoms with Crippen molar-refractivity contribution in [1.29, 1.82) is 0 Å². The molecule has 0 aromatic heterocycles. The van der Waals surface area contributed by atoms with Crippen LogP contribution in [0, 0.1) is 0 Å². The zero-order chi connectivity index (χ0) is 14.3. The highest BCUT2D eigenvalue weighted by molar-refractivity contribution is 5.76. The van der Waals surface area contributed by atoms with Crippen LogP contribution in [0.5, 0.6) is 11.5 Å². The fourth-order valence-corrected chi connectivity index (χ4v) is 1.35. The van der Waals surface area contributed by atoms with Gasteiger partial charge in [-0.1, -0.05) is 6.07 Å². The molecule has 0 heterocycles. The summed E-state index contributed by atoms with van der Waals surface area (Å²) in [7, 11) is 0. The van der Waals surface area contributed by atoms with E-state index in [4.69, 9.17) is 9.47 Å². The first-order valence-electron chi connectivity index (χ1n) is 5.40. The van der Waals surface area contributed by atoms with Gasteiger partial charge in [-0.2, -0.15) is 0 Å². The minimum absolute atomic E-state index is 0.232. The van der Waals surface area contributed by atoms with E-state index in [-0.39, 0.29) is 11.5 Å².